The number of hydrogen-bond donors (Lipinski definition) is 2. The van der Waals surface area contributed by atoms with Crippen LogP contribution in [0.25, 0.3) is 0 Å². The molecule has 0 aliphatic carbocycles. The van der Waals surface area contributed by atoms with Crippen molar-refractivity contribution in [3.8, 4) is 11.5 Å². The summed E-state index contributed by atoms with van der Waals surface area (Å²) in [7, 11) is 0. The van der Waals surface area contributed by atoms with Gasteiger partial charge in [-0.2, -0.15) is 0 Å². The number of hydrogen-bond acceptors (Lipinski definition) is 3. The average Bonchev–Trinajstić information content (AvgIpc) is 2.72. The zero-order chi connectivity index (χ0) is 24.4. The first-order valence-corrected chi connectivity index (χ1v) is 10.6. The normalized spacial score (nSPS) is 10.7. The number of ether oxygens (including phenoxy) is 1. The van der Waals surface area contributed by atoms with Crippen LogP contribution in [0.3, 0.4) is 0 Å². The SMILES string of the molecule is Cc1cc(Oc2c(C)cc(NC(=O)NC(=O)c3c(F)cccc3F)c(C)c2Cl)c(C)cc1Cl. The topological polar surface area (TPSA) is 67.4 Å². The maximum Gasteiger partial charge on any atom is 0.326 e. The maximum atomic E-state index is 13.8. The van der Waals surface area contributed by atoms with Crippen LogP contribution in [0.1, 0.15) is 32.6 Å². The Hall–Kier alpha value is -3.16. The molecule has 0 spiro atoms. The van der Waals surface area contributed by atoms with Gasteiger partial charge in [-0.1, -0.05) is 29.3 Å². The predicted molar refractivity (Wildman–Crippen MR) is 125 cm³/mol. The Balaban J connectivity index is 1.82. The highest BCUT2D eigenvalue weighted by Gasteiger charge is 2.21. The van der Waals surface area contributed by atoms with Crippen LogP contribution < -0.4 is 15.4 Å². The minimum Gasteiger partial charge on any atom is -0.455 e. The van der Waals surface area contributed by atoms with Crippen molar-refractivity contribution in [1.29, 1.82) is 0 Å². The fourth-order valence-corrected chi connectivity index (χ4v) is 3.62. The zero-order valence-electron chi connectivity index (χ0n) is 18.2. The number of benzene rings is 3. The lowest BCUT2D eigenvalue weighted by molar-refractivity contribution is 0.0959. The molecule has 0 saturated heterocycles. The van der Waals surface area contributed by atoms with Gasteiger partial charge in [0.25, 0.3) is 5.91 Å². The lowest BCUT2D eigenvalue weighted by Crippen LogP contribution is -2.35. The first-order chi connectivity index (χ1) is 15.5. The first kappa shape index (κ1) is 24.5. The van der Waals surface area contributed by atoms with Crippen molar-refractivity contribution in [2.24, 2.45) is 0 Å². The van der Waals surface area contributed by atoms with Crippen LogP contribution in [0.5, 0.6) is 11.5 Å². The Labute approximate surface area is 199 Å². The predicted octanol–water partition coefficient (Wildman–Crippen LogP) is 7.26. The summed E-state index contributed by atoms with van der Waals surface area (Å²) in [5.74, 6) is -2.39. The summed E-state index contributed by atoms with van der Waals surface area (Å²) in [6, 6.07) is 7.19. The van der Waals surface area contributed by atoms with Gasteiger partial charge < -0.3 is 10.1 Å². The molecule has 0 aliphatic rings. The van der Waals surface area contributed by atoms with Crippen molar-refractivity contribution in [3.63, 3.8) is 0 Å². The second-order valence-corrected chi connectivity index (χ2v) is 8.27. The number of carbonyl (C=O) groups is 2. The van der Waals surface area contributed by atoms with Gasteiger partial charge >= 0.3 is 6.03 Å². The molecule has 0 unspecified atom stereocenters. The molecule has 5 nitrogen and oxygen atoms in total. The number of urea groups is 1. The van der Waals surface area contributed by atoms with Gasteiger partial charge in [0.2, 0.25) is 0 Å². The molecule has 0 heterocycles. The van der Waals surface area contributed by atoms with Crippen LogP contribution in [-0.2, 0) is 0 Å². The third-order valence-electron chi connectivity index (χ3n) is 4.98. The molecule has 3 aromatic rings. The fourth-order valence-electron chi connectivity index (χ4n) is 3.12. The molecule has 3 rings (SSSR count). The largest absolute Gasteiger partial charge is 0.455 e. The highest BCUT2D eigenvalue weighted by atomic mass is 35.5. The van der Waals surface area contributed by atoms with Crippen LogP contribution in [0, 0.1) is 39.3 Å². The van der Waals surface area contributed by atoms with Crippen LogP contribution >= 0.6 is 23.2 Å². The van der Waals surface area contributed by atoms with Crippen molar-refractivity contribution in [1.82, 2.24) is 5.32 Å². The second-order valence-electron chi connectivity index (χ2n) is 7.48. The van der Waals surface area contributed by atoms with E-state index in [1.807, 2.05) is 19.2 Å². The minimum absolute atomic E-state index is 0.253. The van der Waals surface area contributed by atoms with Gasteiger partial charge in [0.1, 0.15) is 28.7 Å². The van der Waals surface area contributed by atoms with Gasteiger partial charge in [-0.15, -0.1) is 0 Å². The summed E-state index contributed by atoms with van der Waals surface area (Å²) >= 11 is 12.7. The van der Waals surface area contributed by atoms with Gasteiger partial charge in [-0.05, 0) is 80.3 Å². The fraction of sp³-hybridized carbons (Fsp3) is 0.167. The number of rotatable bonds is 4. The summed E-state index contributed by atoms with van der Waals surface area (Å²) in [6.07, 6.45) is 0. The van der Waals surface area contributed by atoms with E-state index in [4.69, 9.17) is 27.9 Å². The lowest BCUT2D eigenvalue weighted by atomic mass is 10.1. The molecule has 0 aliphatic heterocycles. The summed E-state index contributed by atoms with van der Waals surface area (Å²) in [6.45, 7) is 7.10. The molecule has 0 saturated carbocycles. The molecular formula is C24H20Cl2F2N2O3. The molecule has 0 fully saturated rings. The smallest absolute Gasteiger partial charge is 0.326 e. The lowest BCUT2D eigenvalue weighted by Gasteiger charge is -2.18. The van der Waals surface area contributed by atoms with Crippen molar-refractivity contribution in [2.45, 2.75) is 27.7 Å². The van der Waals surface area contributed by atoms with Crippen molar-refractivity contribution in [2.75, 3.05) is 5.32 Å². The van der Waals surface area contributed by atoms with Gasteiger partial charge in [0, 0.05) is 10.7 Å². The highest BCUT2D eigenvalue weighted by Crippen LogP contribution is 2.40. The van der Waals surface area contributed by atoms with Crippen LogP contribution in [-0.4, -0.2) is 11.9 Å². The van der Waals surface area contributed by atoms with E-state index in [9.17, 15) is 18.4 Å². The minimum atomic E-state index is -1.21. The summed E-state index contributed by atoms with van der Waals surface area (Å²) < 4.78 is 33.6. The van der Waals surface area contributed by atoms with Crippen LogP contribution in [0.4, 0.5) is 19.3 Å². The molecule has 0 bridgehead atoms. The van der Waals surface area contributed by atoms with E-state index in [0.29, 0.717) is 33.3 Å². The number of anilines is 1. The molecular weight excluding hydrogens is 473 g/mol. The van der Waals surface area contributed by atoms with E-state index < -0.39 is 29.1 Å². The maximum absolute atomic E-state index is 13.8. The van der Waals surface area contributed by atoms with E-state index in [1.165, 1.54) is 0 Å². The van der Waals surface area contributed by atoms with Gasteiger partial charge in [-0.3, -0.25) is 10.1 Å². The number of amides is 3. The molecule has 33 heavy (non-hydrogen) atoms. The molecule has 0 atom stereocenters. The molecule has 172 valence electrons. The Morgan fingerprint density at radius 3 is 2.18 bits per heavy atom. The van der Waals surface area contributed by atoms with E-state index in [-0.39, 0.29) is 5.02 Å². The Kier molecular flexibility index (Phi) is 7.25. The van der Waals surface area contributed by atoms with Crippen molar-refractivity contribution in [3.05, 3.63) is 85.9 Å². The number of nitrogens with one attached hydrogen (secondary N) is 2. The number of aryl methyl sites for hydroxylation is 3. The number of halogens is 4. The zero-order valence-corrected chi connectivity index (χ0v) is 19.7. The van der Waals surface area contributed by atoms with E-state index in [2.05, 4.69) is 5.32 Å². The summed E-state index contributed by atoms with van der Waals surface area (Å²) in [5.41, 5.74) is 2.19. The monoisotopic (exact) mass is 492 g/mol. The van der Waals surface area contributed by atoms with E-state index in [1.54, 1.807) is 32.0 Å². The first-order valence-electron chi connectivity index (χ1n) is 9.80. The molecule has 0 aromatic heterocycles. The Morgan fingerprint density at radius 2 is 1.55 bits per heavy atom. The molecule has 9 heteroatoms. The second kappa shape index (κ2) is 9.77. The molecule has 3 aromatic carbocycles. The van der Waals surface area contributed by atoms with Gasteiger partial charge in [0.05, 0.1) is 5.02 Å². The van der Waals surface area contributed by atoms with E-state index >= 15 is 0 Å². The van der Waals surface area contributed by atoms with Crippen LogP contribution in [0.15, 0.2) is 36.4 Å². The summed E-state index contributed by atoms with van der Waals surface area (Å²) in [5, 5.41) is 5.26. The highest BCUT2D eigenvalue weighted by molar-refractivity contribution is 6.33. The van der Waals surface area contributed by atoms with Crippen molar-refractivity contribution < 1.29 is 23.1 Å². The van der Waals surface area contributed by atoms with E-state index in [0.717, 1.165) is 29.3 Å². The standard InChI is InChI=1S/C24H20Cl2F2N2O3/c1-11-10-19(12(2)8-15(11)25)33-22-13(3)9-18(14(4)21(22)26)29-24(32)30-23(31)20-16(27)6-5-7-17(20)28/h5-10H,1-4H3,(H2,29,30,31,32). The third-order valence-corrected chi connectivity index (χ3v) is 5.85. The Bertz CT molecular complexity index is 1260. The average molecular weight is 493 g/mol. The number of imide groups is 1. The number of carbonyl (C=O) groups excluding carboxylic acids is 2. The molecule has 2 N–H and O–H groups in total. The van der Waals surface area contributed by atoms with Gasteiger partial charge in [0.15, 0.2) is 0 Å². The Morgan fingerprint density at radius 1 is 0.909 bits per heavy atom. The quantitative estimate of drug-likeness (QED) is 0.402. The van der Waals surface area contributed by atoms with Crippen LogP contribution in [0.2, 0.25) is 10.0 Å². The van der Waals surface area contributed by atoms with Crippen molar-refractivity contribution >= 4 is 40.8 Å². The molecule has 3 amide bonds. The molecule has 0 radical (unpaired) electrons. The third kappa shape index (κ3) is 5.26. The summed E-state index contributed by atoms with van der Waals surface area (Å²) in [4.78, 5) is 24.4. The van der Waals surface area contributed by atoms with Gasteiger partial charge in [-0.25, -0.2) is 13.6 Å².